The molecule has 0 saturated carbocycles. The predicted molar refractivity (Wildman–Crippen MR) is 76.9 cm³/mol. The summed E-state index contributed by atoms with van der Waals surface area (Å²) in [6.07, 6.45) is 3.87. The van der Waals surface area contributed by atoms with E-state index in [1.165, 1.54) is 5.39 Å². The van der Waals surface area contributed by atoms with Gasteiger partial charge in [-0.25, -0.2) is 0 Å². The fraction of sp³-hybridized carbons (Fsp3) is 0.500. The summed E-state index contributed by atoms with van der Waals surface area (Å²) >= 11 is 0. The monoisotopic (exact) mass is 242 g/mol. The Morgan fingerprint density at radius 1 is 0.889 bits per heavy atom. The summed E-state index contributed by atoms with van der Waals surface area (Å²) in [5.74, 6) is 0. The molecule has 0 unspecified atom stereocenters. The fourth-order valence-electron chi connectivity index (χ4n) is 2.08. The van der Waals surface area contributed by atoms with Crippen molar-refractivity contribution in [2.24, 2.45) is 0 Å². The molecule has 0 radical (unpaired) electrons. The van der Waals surface area contributed by atoms with Crippen molar-refractivity contribution in [3.63, 3.8) is 0 Å². The van der Waals surface area contributed by atoms with E-state index in [2.05, 4.69) is 63.6 Å². The van der Waals surface area contributed by atoms with Crippen molar-refractivity contribution in [1.29, 1.82) is 0 Å². The minimum absolute atomic E-state index is 0.0461. The zero-order chi connectivity index (χ0) is 13.6. The van der Waals surface area contributed by atoms with Gasteiger partial charge in [-0.1, -0.05) is 41.5 Å². The van der Waals surface area contributed by atoms with Crippen molar-refractivity contribution in [2.75, 3.05) is 0 Å². The zero-order valence-electron chi connectivity index (χ0n) is 12.2. The molecule has 2 rings (SSSR count). The highest BCUT2D eigenvalue weighted by molar-refractivity contribution is 5.84. The van der Waals surface area contributed by atoms with Crippen LogP contribution in [-0.2, 0) is 10.8 Å². The number of hydrogen-bond donors (Lipinski definition) is 0. The average molecular weight is 242 g/mol. The second kappa shape index (κ2) is 4.04. The molecule has 0 fully saturated rings. The van der Waals surface area contributed by atoms with Crippen molar-refractivity contribution in [3.8, 4) is 0 Å². The van der Waals surface area contributed by atoms with E-state index in [1.807, 2.05) is 12.4 Å². The molecule has 0 spiro atoms. The third-order valence-corrected chi connectivity index (χ3v) is 3.13. The number of pyridine rings is 2. The summed E-state index contributed by atoms with van der Waals surface area (Å²) in [4.78, 5) is 9.14. The van der Waals surface area contributed by atoms with Gasteiger partial charge >= 0.3 is 0 Å². The summed E-state index contributed by atoms with van der Waals surface area (Å²) in [7, 11) is 0. The van der Waals surface area contributed by atoms with Crippen molar-refractivity contribution in [3.05, 3.63) is 35.9 Å². The second-order valence-electron chi connectivity index (χ2n) is 6.95. The van der Waals surface area contributed by atoms with Gasteiger partial charge in [0, 0.05) is 34.3 Å². The van der Waals surface area contributed by atoms with Crippen molar-refractivity contribution < 1.29 is 0 Å². The van der Waals surface area contributed by atoms with Crippen LogP contribution in [0.25, 0.3) is 10.8 Å². The highest BCUT2D eigenvalue weighted by Gasteiger charge is 2.20. The highest BCUT2D eigenvalue weighted by atomic mass is 14.7. The first-order chi connectivity index (χ1) is 8.19. The van der Waals surface area contributed by atoms with Crippen LogP contribution in [0.2, 0.25) is 0 Å². The van der Waals surface area contributed by atoms with E-state index in [0.29, 0.717) is 0 Å². The van der Waals surface area contributed by atoms with Crippen molar-refractivity contribution in [2.45, 2.75) is 52.4 Å². The Morgan fingerprint density at radius 2 is 1.56 bits per heavy atom. The SMILES string of the molecule is CC(C)(C)c1cc2ccnc(C(C)(C)C)c2cn1. The normalized spacial score (nSPS) is 13.0. The molecule has 0 N–H and O–H groups in total. The van der Waals surface area contributed by atoms with E-state index in [0.717, 1.165) is 16.8 Å². The predicted octanol–water partition coefficient (Wildman–Crippen LogP) is 4.22. The lowest BCUT2D eigenvalue weighted by Gasteiger charge is -2.22. The van der Waals surface area contributed by atoms with Crippen LogP contribution in [0.4, 0.5) is 0 Å². The largest absolute Gasteiger partial charge is 0.260 e. The van der Waals surface area contributed by atoms with E-state index in [4.69, 9.17) is 0 Å². The number of nitrogens with zero attached hydrogens (tertiary/aromatic N) is 2. The van der Waals surface area contributed by atoms with Crippen LogP contribution in [0.1, 0.15) is 52.9 Å². The van der Waals surface area contributed by atoms with Crippen molar-refractivity contribution >= 4 is 10.8 Å². The Balaban J connectivity index is 2.68. The molecule has 0 saturated heterocycles. The lowest BCUT2D eigenvalue weighted by Crippen LogP contribution is -2.16. The number of aromatic nitrogens is 2. The maximum atomic E-state index is 4.61. The smallest absolute Gasteiger partial charge is 0.0550 e. The summed E-state index contributed by atoms with van der Waals surface area (Å²) in [5, 5.41) is 2.40. The number of fused-ring (bicyclic) bond motifs is 1. The molecule has 2 nitrogen and oxygen atoms in total. The summed E-state index contributed by atoms with van der Waals surface area (Å²) in [6, 6.07) is 4.26. The first-order valence-corrected chi connectivity index (χ1v) is 6.45. The molecule has 2 heteroatoms. The van der Waals surface area contributed by atoms with Gasteiger partial charge < -0.3 is 0 Å². The second-order valence-corrected chi connectivity index (χ2v) is 6.95. The molecular formula is C16H22N2. The Morgan fingerprint density at radius 3 is 2.11 bits per heavy atom. The molecule has 2 heterocycles. The van der Waals surface area contributed by atoms with Gasteiger partial charge in [0.15, 0.2) is 0 Å². The first-order valence-electron chi connectivity index (χ1n) is 6.45. The van der Waals surface area contributed by atoms with Crippen LogP contribution in [0.15, 0.2) is 24.5 Å². The van der Waals surface area contributed by atoms with E-state index in [9.17, 15) is 0 Å². The first kappa shape index (κ1) is 13.0. The molecule has 0 amide bonds. The molecule has 0 aliphatic rings. The molecule has 0 aromatic carbocycles. The highest BCUT2D eigenvalue weighted by Crippen LogP contribution is 2.29. The number of hydrogen-bond acceptors (Lipinski definition) is 2. The lowest BCUT2D eigenvalue weighted by molar-refractivity contribution is 0.567. The molecule has 0 aliphatic heterocycles. The maximum absolute atomic E-state index is 4.61. The zero-order valence-corrected chi connectivity index (χ0v) is 12.2. The topological polar surface area (TPSA) is 25.8 Å². The third kappa shape index (κ3) is 2.38. The fourth-order valence-corrected chi connectivity index (χ4v) is 2.08. The van der Waals surface area contributed by atoms with Gasteiger partial charge in [-0.2, -0.15) is 0 Å². The Bertz CT molecular complexity index is 572. The van der Waals surface area contributed by atoms with Gasteiger partial charge in [0.1, 0.15) is 0 Å². The van der Waals surface area contributed by atoms with E-state index >= 15 is 0 Å². The lowest BCUT2D eigenvalue weighted by atomic mass is 9.87. The molecule has 2 aromatic heterocycles. The minimum atomic E-state index is 0.0461. The summed E-state index contributed by atoms with van der Waals surface area (Å²) in [5.41, 5.74) is 2.37. The quantitative estimate of drug-likeness (QED) is 0.691. The van der Waals surface area contributed by atoms with Crippen LogP contribution < -0.4 is 0 Å². The standard InChI is InChI=1S/C16H22N2/c1-15(2,3)13-9-11-7-8-17-14(16(4,5)6)12(11)10-18-13/h7-10H,1-6H3. The van der Waals surface area contributed by atoms with Crippen molar-refractivity contribution in [1.82, 2.24) is 9.97 Å². The van der Waals surface area contributed by atoms with Gasteiger partial charge in [0.05, 0.1) is 5.69 Å². The van der Waals surface area contributed by atoms with E-state index in [-0.39, 0.29) is 10.8 Å². The Hall–Kier alpha value is -1.44. The molecule has 0 aliphatic carbocycles. The van der Waals surface area contributed by atoms with Crippen LogP contribution >= 0.6 is 0 Å². The molecule has 18 heavy (non-hydrogen) atoms. The van der Waals surface area contributed by atoms with Crippen LogP contribution in [0.5, 0.6) is 0 Å². The molecule has 96 valence electrons. The third-order valence-electron chi connectivity index (χ3n) is 3.13. The van der Waals surface area contributed by atoms with E-state index < -0.39 is 0 Å². The van der Waals surface area contributed by atoms with Crippen LogP contribution in [0, 0.1) is 0 Å². The van der Waals surface area contributed by atoms with Gasteiger partial charge in [0.25, 0.3) is 0 Å². The Kier molecular flexibility index (Phi) is 2.92. The van der Waals surface area contributed by atoms with Crippen LogP contribution in [0.3, 0.4) is 0 Å². The van der Waals surface area contributed by atoms with E-state index in [1.54, 1.807) is 0 Å². The summed E-state index contributed by atoms with van der Waals surface area (Å²) < 4.78 is 0. The van der Waals surface area contributed by atoms with Gasteiger partial charge in [0.2, 0.25) is 0 Å². The van der Waals surface area contributed by atoms with Crippen LogP contribution in [-0.4, -0.2) is 9.97 Å². The van der Waals surface area contributed by atoms with Gasteiger partial charge in [-0.3, -0.25) is 9.97 Å². The number of rotatable bonds is 0. The Labute approximate surface area is 109 Å². The van der Waals surface area contributed by atoms with Gasteiger partial charge in [-0.15, -0.1) is 0 Å². The molecule has 0 atom stereocenters. The molecule has 0 bridgehead atoms. The maximum Gasteiger partial charge on any atom is 0.0550 e. The average Bonchev–Trinajstić information content (AvgIpc) is 2.25. The molecule has 2 aromatic rings. The minimum Gasteiger partial charge on any atom is -0.260 e. The van der Waals surface area contributed by atoms with Gasteiger partial charge in [-0.05, 0) is 17.5 Å². The summed E-state index contributed by atoms with van der Waals surface area (Å²) in [6.45, 7) is 13.1. The molecular weight excluding hydrogens is 220 g/mol.